The largest absolute Gasteiger partial charge is 0.349 e. The molecule has 12 atom stereocenters. The molecule has 2 saturated heterocycles. The monoisotopic (exact) mass is 456 g/mol. The summed E-state index contributed by atoms with van der Waals surface area (Å²) in [7, 11) is 0. The molecular weight excluding hydrogens is 404 g/mol. The van der Waals surface area contributed by atoms with Crippen LogP contribution >= 0.6 is 0 Å². The van der Waals surface area contributed by atoms with Crippen molar-refractivity contribution in [2.45, 2.75) is 125 Å². The van der Waals surface area contributed by atoms with Gasteiger partial charge in [0.25, 0.3) is 0 Å². The smallest absolute Gasteiger partial charge is 0.171 e. The van der Waals surface area contributed by atoms with E-state index in [1.165, 1.54) is 57.8 Å². The van der Waals surface area contributed by atoms with Crippen LogP contribution in [0.2, 0.25) is 0 Å². The summed E-state index contributed by atoms with van der Waals surface area (Å²) >= 11 is 0. The Morgan fingerprint density at radius 1 is 0.818 bits per heavy atom. The average molecular weight is 457 g/mol. The van der Waals surface area contributed by atoms with Crippen molar-refractivity contribution in [3.8, 4) is 0 Å². The fourth-order valence-electron chi connectivity index (χ4n) is 11.0. The fraction of sp³-hybridized carbons (Fsp3) is 1.00. The summed E-state index contributed by atoms with van der Waals surface area (Å²) in [6.07, 6.45) is 14.5. The highest BCUT2D eigenvalue weighted by Crippen LogP contribution is 2.72. The van der Waals surface area contributed by atoms with Crippen molar-refractivity contribution in [1.82, 2.24) is 0 Å². The standard InChI is InChI=1S/C31H52O2/c1-19(2)28(5)14-15-29(6)22(17-28)8-9-23-24(29)11-12-30(7)25(23)16-26-27(30)21(4)31(33-26)13-10-20(3)18-32-31/h19-27H,8-18H2,1-7H3/t20-,21-,22+,23+,24-,25-,26-,27-,28-,29-,30-,31+/m0/s1. The minimum absolute atomic E-state index is 0.263. The van der Waals surface area contributed by atoms with E-state index in [0.717, 1.165) is 42.6 Å². The van der Waals surface area contributed by atoms with Crippen molar-refractivity contribution in [1.29, 1.82) is 0 Å². The van der Waals surface area contributed by atoms with Crippen LogP contribution < -0.4 is 0 Å². The second kappa shape index (κ2) is 7.47. The number of hydrogen-bond donors (Lipinski definition) is 0. The summed E-state index contributed by atoms with van der Waals surface area (Å²) in [4.78, 5) is 0. The quantitative estimate of drug-likeness (QED) is 0.397. The van der Waals surface area contributed by atoms with E-state index in [9.17, 15) is 0 Å². The van der Waals surface area contributed by atoms with Crippen molar-refractivity contribution in [2.75, 3.05) is 6.61 Å². The van der Waals surface area contributed by atoms with Gasteiger partial charge < -0.3 is 9.47 Å². The number of fused-ring (bicyclic) bond motifs is 7. The number of hydrogen-bond acceptors (Lipinski definition) is 2. The summed E-state index contributed by atoms with van der Waals surface area (Å²) in [6, 6.07) is 0. The molecule has 0 radical (unpaired) electrons. The molecule has 0 bridgehead atoms. The van der Waals surface area contributed by atoms with E-state index in [1.807, 2.05) is 0 Å². The lowest BCUT2D eigenvalue weighted by molar-refractivity contribution is -0.273. The second-order valence-electron chi connectivity index (χ2n) is 15.2. The Morgan fingerprint density at radius 3 is 2.30 bits per heavy atom. The molecule has 4 aliphatic carbocycles. The third-order valence-corrected chi connectivity index (χ3v) is 13.7. The molecule has 0 N–H and O–H groups in total. The highest BCUT2D eigenvalue weighted by atomic mass is 16.7. The van der Waals surface area contributed by atoms with Crippen molar-refractivity contribution >= 4 is 0 Å². The maximum absolute atomic E-state index is 6.97. The molecule has 0 aromatic heterocycles. The van der Waals surface area contributed by atoms with Gasteiger partial charge in [-0.2, -0.15) is 0 Å². The Morgan fingerprint density at radius 2 is 1.61 bits per heavy atom. The van der Waals surface area contributed by atoms with Crippen molar-refractivity contribution < 1.29 is 9.47 Å². The molecule has 33 heavy (non-hydrogen) atoms. The molecule has 2 aliphatic heterocycles. The molecule has 2 heterocycles. The third-order valence-electron chi connectivity index (χ3n) is 13.7. The summed E-state index contributed by atoms with van der Waals surface area (Å²) in [6.45, 7) is 18.7. The highest BCUT2D eigenvalue weighted by molar-refractivity contribution is 5.15. The van der Waals surface area contributed by atoms with Crippen LogP contribution in [0, 0.1) is 63.6 Å². The Labute approximate surface area is 204 Å². The second-order valence-corrected chi connectivity index (χ2v) is 15.2. The molecule has 6 aliphatic rings. The molecule has 0 amide bonds. The molecule has 0 unspecified atom stereocenters. The van der Waals surface area contributed by atoms with Crippen LogP contribution in [0.3, 0.4) is 0 Å². The summed E-state index contributed by atoms with van der Waals surface area (Å²) in [5.41, 5.74) is 1.62. The van der Waals surface area contributed by atoms with Gasteiger partial charge in [-0.3, -0.25) is 0 Å². The third kappa shape index (κ3) is 3.11. The van der Waals surface area contributed by atoms with Gasteiger partial charge in [0.05, 0.1) is 12.7 Å². The van der Waals surface area contributed by atoms with Gasteiger partial charge in [0.2, 0.25) is 0 Å². The topological polar surface area (TPSA) is 18.5 Å². The molecule has 6 rings (SSSR count). The molecule has 188 valence electrons. The predicted octanol–water partition coefficient (Wildman–Crippen LogP) is 8.10. The zero-order valence-corrected chi connectivity index (χ0v) is 22.8. The van der Waals surface area contributed by atoms with Gasteiger partial charge in [-0.05, 0) is 115 Å². The zero-order chi connectivity index (χ0) is 23.4. The average Bonchev–Trinajstić information content (AvgIpc) is 3.21. The summed E-state index contributed by atoms with van der Waals surface area (Å²) < 4.78 is 13.5. The first-order valence-corrected chi connectivity index (χ1v) is 14.8. The lowest BCUT2D eigenvalue weighted by Crippen LogP contribution is -2.55. The first-order valence-electron chi connectivity index (χ1n) is 14.8. The van der Waals surface area contributed by atoms with E-state index >= 15 is 0 Å². The minimum atomic E-state index is -0.263. The lowest BCUT2D eigenvalue weighted by Gasteiger charge is -2.63. The van der Waals surface area contributed by atoms with E-state index < -0.39 is 0 Å². The van der Waals surface area contributed by atoms with E-state index in [0.29, 0.717) is 40.1 Å². The van der Waals surface area contributed by atoms with E-state index in [2.05, 4.69) is 48.5 Å². The molecule has 0 aromatic carbocycles. The van der Waals surface area contributed by atoms with Gasteiger partial charge in [0.15, 0.2) is 5.79 Å². The van der Waals surface area contributed by atoms with Crippen LogP contribution in [-0.2, 0) is 9.47 Å². The highest BCUT2D eigenvalue weighted by Gasteiger charge is 2.69. The van der Waals surface area contributed by atoms with Crippen LogP contribution in [0.25, 0.3) is 0 Å². The predicted molar refractivity (Wildman–Crippen MR) is 135 cm³/mol. The molecule has 2 nitrogen and oxygen atoms in total. The van der Waals surface area contributed by atoms with E-state index in [-0.39, 0.29) is 5.79 Å². The summed E-state index contributed by atoms with van der Waals surface area (Å²) in [5, 5.41) is 0. The molecule has 0 aromatic rings. The molecule has 1 spiro atoms. The maximum Gasteiger partial charge on any atom is 0.171 e. The molecular formula is C31H52O2. The molecule has 4 saturated carbocycles. The van der Waals surface area contributed by atoms with Crippen LogP contribution in [0.1, 0.15) is 113 Å². The van der Waals surface area contributed by atoms with Gasteiger partial charge in [0, 0.05) is 12.3 Å². The molecule has 2 heteroatoms. The van der Waals surface area contributed by atoms with Crippen LogP contribution in [-0.4, -0.2) is 18.5 Å². The van der Waals surface area contributed by atoms with Gasteiger partial charge in [-0.1, -0.05) is 48.5 Å². The van der Waals surface area contributed by atoms with Crippen molar-refractivity contribution in [3.63, 3.8) is 0 Å². The minimum Gasteiger partial charge on any atom is -0.349 e. The van der Waals surface area contributed by atoms with Crippen molar-refractivity contribution in [2.24, 2.45) is 63.6 Å². The molecule has 6 fully saturated rings. The normalized spacial score (nSPS) is 60.4. The Balaban J connectivity index is 1.23. The number of rotatable bonds is 1. The number of ether oxygens (including phenoxy) is 2. The first kappa shape index (κ1) is 23.3. The first-order chi connectivity index (χ1) is 15.5. The van der Waals surface area contributed by atoms with Crippen LogP contribution in [0.4, 0.5) is 0 Å². The van der Waals surface area contributed by atoms with E-state index in [4.69, 9.17) is 9.47 Å². The summed E-state index contributed by atoms with van der Waals surface area (Å²) in [5.74, 6) is 6.24. The Hall–Kier alpha value is -0.0800. The maximum atomic E-state index is 6.97. The van der Waals surface area contributed by atoms with Crippen LogP contribution in [0.15, 0.2) is 0 Å². The van der Waals surface area contributed by atoms with Crippen LogP contribution in [0.5, 0.6) is 0 Å². The van der Waals surface area contributed by atoms with Gasteiger partial charge in [0.1, 0.15) is 0 Å². The fourth-order valence-corrected chi connectivity index (χ4v) is 11.0. The Kier molecular flexibility index (Phi) is 5.28. The van der Waals surface area contributed by atoms with Crippen molar-refractivity contribution in [3.05, 3.63) is 0 Å². The lowest BCUT2D eigenvalue weighted by atomic mass is 9.42. The van der Waals surface area contributed by atoms with Gasteiger partial charge >= 0.3 is 0 Å². The SMILES string of the molecule is CC(C)[C@@]1(C)CC[C@@]2(C)[C@H](CC[C@@H]3[C@@H]2CC[C@]2(C)[C@@H]4[C@H](C[C@@H]32)O[C@]2(CC[C@H](C)CO2)[C@H]4C)C1. The zero-order valence-electron chi connectivity index (χ0n) is 22.8. The Bertz CT molecular complexity index is 767. The van der Waals surface area contributed by atoms with Gasteiger partial charge in [-0.25, -0.2) is 0 Å². The van der Waals surface area contributed by atoms with E-state index in [1.54, 1.807) is 0 Å². The van der Waals surface area contributed by atoms with Gasteiger partial charge in [-0.15, -0.1) is 0 Å².